The predicted molar refractivity (Wildman–Crippen MR) is 93.7 cm³/mol. The van der Waals surface area contributed by atoms with Gasteiger partial charge in [0.1, 0.15) is 17.7 Å². The van der Waals surface area contributed by atoms with Crippen molar-refractivity contribution in [2.45, 2.75) is 45.8 Å². The third-order valence-corrected chi connectivity index (χ3v) is 5.23. The van der Waals surface area contributed by atoms with Gasteiger partial charge >= 0.3 is 0 Å². The molecule has 130 valence electrons. The van der Waals surface area contributed by atoms with E-state index in [-0.39, 0.29) is 12.2 Å². The zero-order chi connectivity index (χ0) is 17.6. The number of rotatable bonds is 5. The molecule has 3 aromatic rings. The molecule has 1 fully saturated rings. The summed E-state index contributed by atoms with van der Waals surface area (Å²) in [7, 11) is 0. The van der Waals surface area contributed by atoms with Crippen LogP contribution in [0, 0.1) is 25.6 Å². The third-order valence-electron chi connectivity index (χ3n) is 5.23. The Morgan fingerprint density at radius 1 is 1.20 bits per heavy atom. The van der Waals surface area contributed by atoms with Gasteiger partial charge < -0.3 is 4.57 Å². The van der Waals surface area contributed by atoms with Crippen LogP contribution in [0.15, 0.2) is 30.5 Å². The Labute approximate surface area is 145 Å². The highest BCUT2D eigenvalue weighted by Gasteiger charge is 2.27. The number of aryl methyl sites for hydroxylation is 1. The molecule has 0 bridgehead atoms. The molecule has 1 aliphatic carbocycles. The van der Waals surface area contributed by atoms with Gasteiger partial charge in [-0.3, -0.25) is 0 Å². The number of fused-ring (bicyclic) bond motifs is 1. The van der Waals surface area contributed by atoms with Gasteiger partial charge in [0, 0.05) is 24.0 Å². The fourth-order valence-electron chi connectivity index (χ4n) is 3.44. The molecule has 1 saturated carbocycles. The fraction of sp³-hybridized carbons (Fsp3) is 0.400. The number of aromatic nitrogens is 3. The van der Waals surface area contributed by atoms with Gasteiger partial charge in [-0.15, -0.1) is 0 Å². The van der Waals surface area contributed by atoms with Gasteiger partial charge in [0.25, 0.3) is 0 Å². The van der Waals surface area contributed by atoms with Crippen molar-refractivity contribution in [3.05, 3.63) is 58.8 Å². The lowest BCUT2D eigenvalue weighted by molar-refractivity contribution is 0.333. The summed E-state index contributed by atoms with van der Waals surface area (Å²) in [4.78, 5) is 0. The molecule has 25 heavy (non-hydrogen) atoms. The molecule has 3 nitrogen and oxygen atoms in total. The molecular weight excluding hydrogens is 320 g/mol. The largest absolute Gasteiger partial charge is 0.343 e. The van der Waals surface area contributed by atoms with E-state index in [9.17, 15) is 4.39 Å². The van der Waals surface area contributed by atoms with Crippen molar-refractivity contribution in [1.82, 2.24) is 14.8 Å². The van der Waals surface area contributed by atoms with Crippen LogP contribution in [0.1, 0.15) is 41.5 Å². The highest BCUT2D eigenvalue weighted by Crippen LogP contribution is 2.36. The summed E-state index contributed by atoms with van der Waals surface area (Å²) in [5.41, 5.74) is 4.30. The number of hydrogen-bond acceptors (Lipinski definition) is 2. The first kappa shape index (κ1) is 16.2. The van der Waals surface area contributed by atoms with Gasteiger partial charge in [0.15, 0.2) is 0 Å². The Morgan fingerprint density at radius 3 is 2.60 bits per heavy atom. The van der Waals surface area contributed by atoms with Crippen LogP contribution in [0.4, 0.5) is 8.78 Å². The lowest BCUT2D eigenvalue weighted by Crippen LogP contribution is -2.08. The SMILES string of the molecule is Cc1c(C)n(CC2CC2)c2c(C(F)Cc3ccc(F)cc3)nncc12. The van der Waals surface area contributed by atoms with E-state index in [4.69, 9.17) is 0 Å². The second-order valence-electron chi connectivity index (χ2n) is 7.05. The third kappa shape index (κ3) is 3.03. The second-order valence-corrected chi connectivity index (χ2v) is 7.05. The monoisotopic (exact) mass is 341 g/mol. The molecule has 4 rings (SSSR count). The molecule has 0 N–H and O–H groups in total. The minimum Gasteiger partial charge on any atom is -0.343 e. The molecule has 0 spiro atoms. The Bertz CT molecular complexity index is 911. The average Bonchev–Trinajstić information content (AvgIpc) is 3.40. The van der Waals surface area contributed by atoms with Crippen LogP contribution in [0.2, 0.25) is 0 Å². The number of hydrogen-bond donors (Lipinski definition) is 0. The van der Waals surface area contributed by atoms with Crippen molar-refractivity contribution in [3.63, 3.8) is 0 Å². The summed E-state index contributed by atoms with van der Waals surface area (Å²) >= 11 is 0. The predicted octanol–water partition coefficient (Wildman–Crippen LogP) is 4.85. The van der Waals surface area contributed by atoms with Crippen molar-refractivity contribution < 1.29 is 8.78 Å². The van der Waals surface area contributed by atoms with Crippen LogP contribution in [0.5, 0.6) is 0 Å². The van der Waals surface area contributed by atoms with Gasteiger partial charge in [0.2, 0.25) is 0 Å². The maximum atomic E-state index is 15.1. The first-order chi connectivity index (χ1) is 12.0. The summed E-state index contributed by atoms with van der Waals surface area (Å²) in [5, 5.41) is 9.16. The van der Waals surface area contributed by atoms with Gasteiger partial charge in [-0.2, -0.15) is 10.2 Å². The molecule has 2 heterocycles. The summed E-state index contributed by atoms with van der Waals surface area (Å²) in [6.07, 6.45) is 3.10. The molecule has 0 saturated heterocycles. The van der Waals surface area contributed by atoms with E-state index in [2.05, 4.69) is 28.6 Å². The molecule has 1 unspecified atom stereocenters. The highest BCUT2D eigenvalue weighted by atomic mass is 19.1. The standard InChI is InChI=1S/C20H21F2N3/c1-12-13(2)25(11-15-3-4-15)20-17(12)10-23-24-19(20)18(22)9-14-5-7-16(21)8-6-14/h5-8,10,15,18H,3-4,9,11H2,1-2H3. The van der Waals surface area contributed by atoms with Crippen molar-refractivity contribution in [2.75, 3.05) is 0 Å². The van der Waals surface area contributed by atoms with E-state index >= 15 is 4.39 Å². The molecular formula is C20H21F2N3. The fourth-order valence-corrected chi connectivity index (χ4v) is 3.44. The summed E-state index contributed by atoms with van der Waals surface area (Å²) in [6, 6.07) is 5.96. The number of alkyl halides is 1. The van der Waals surface area contributed by atoms with E-state index in [1.165, 1.54) is 25.0 Å². The van der Waals surface area contributed by atoms with Crippen LogP contribution in [0.3, 0.4) is 0 Å². The van der Waals surface area contributed by atoms with Gasteiger partial charge in [-0.05, 0) is 55.9 Å². The number of benzene rings is 1. The van der Waals surface area contributed by atoms with E-state index in [0.29, 0.717) is 11.6 Å². The molecule has 0 radical (unpaired) electrons. The quantitative estimate of drug-likeness (QED) is 0.664. The Kier molecular flexibility index (Phi) is 4.02. The topological polar surface area (TPSA) is 30.7 Å². The van der Waals surface area contributed by atoms with Crippen molar-refractivity contribution in [3.8, 4) is 0 Å². The zero-order valence-electron chi connectivity index (χ0n) is 14.5. The van der Waals surface area contributed by atoms with Crippen molar-refractivity contribution in [2.24, 2.45) is 5.92 Å². The second kappa shape index (κ2) is 6.21. The molecule has 0 aliphatic heterocycles. The number of halogens is 2. The Balaban J connectivity index is 1.75. The minimum absolute atomic E-state index is 0.167. The van der Waals surface area contributed by atoms with E-state index < -0.39 is 6.17 Å². The van der Waals surface area contributed by atoms with E-state index in [0.717, 1.165) is 34.3 Å². The van der Waals surface area contributed by atoms with Crippen molar-refractivity contribution >= 4 is 10.9 Å². The Hall–Kier alpha value is -2.30. The lowest BCUT2D eigenvalue weighted by Gasteiger charge is -2.13. The van der Waals surface area contributed by atoms with Gasteiger partial charge in [0.05, 0.1) is 11.7 Å². The van der Waals surface area contributed by atoms with Gasteiger partial charge in [-0.25, -0.2) is 8.78 Å². The van der Waals surface area contributed by atoms with Crippen molar-refractivity contribution in [1.29, 1.82) is 0 Å². The Morgan fingerprint density at radius 2 is 1.92 bits per heavy atom. The normalized spacial score (nSPS) is 15.7. The summed E-state index contributed by atoms with van der Waals surface area (Å²) in [6.45, 7) is 5.05. The van der Waals surface area contributed by atoms with Crippen LogP contribution in [-0.2, 0) is 13.0 Å². The van der Waals surface area contributed by atoms with Crippen LogP contribution in [0.25, 0.3) is 10.9 Å². The summed E-state index contributed by atoms with van der Waals surface area (Å²) in [5.74, 6) is 0.371. The molecule has 0 amide bonds. The maximum absolute atomic E-state index is 15.1. The van der Waals surface area contributed by atoms with Gasteiger partial charge in [-0.1, -0.05) is 12.1 Å². The maximum Gasteiger partial charge on any atom is 0.150 e. The van der Waals surface area contributed by atoms with Crippen LogP contribution < -0.4 is 0 Å². The lowest BCUT2D eigenvalue weighted by atomic mass is 10.0. The highest BCUT2D eigenvalue weighted by molar-refractivity contribution is 5.86. The average molecular weight is 341 g/mol. The molecule has 1 atom stereocenters. The van der Waals surface area contributed by atoms with E-state index in [1.807, 2.05) is 0 Å². The molecule has 5 heteroatoms. The molecule has 1 aromatic carbocycles. The smallest absolute Gasteiger partial charge is 0.150 e. The van der Waals surface area contributed by atoms with E-state index in [1.54, 1.807) is 18.3 Å². The number of nitrogens with zero attached hydrogens (tertiary/aromatic N) is 3. The molecule has 2 aromatic heterocycles. The van der Waals surface area contributed by atoms with Crippen LogP contribution >= 0.6 is 0 Å². The van der Waals surface area contributed by atoms with Crippen LogP contribution in [-0.4, -0.2) is 14.8 Å². The molecule has 1 aliphatic rings. The zero-order valence-corrected chi connectivity index (χ0v) is 14.5. The first-order valence-corrected chi connectivity index (χ1v) is 8.74. The minimum atomic E-state index is -1.27. The first-order valence-electron chi connectivity index (χ1n) is 8.74. The summed E-state index contributed by atoms with van der Waals surface area (Å²) < 4.78 is 30.4.